The Bertz CT molecular complexity index is 1610. The molecule has 1 saturated heterocycles. The van der Waals surface area contributed by atoms with Crippen molar-refractivity contribution in [1.82, 2.24) is 10.6 Å². The van der Waals surface area contributed by atoms with E-state index in [-0.39, 0.29) is 17.9 Å². The number of aliphatic hydroxyl groups excluding tert-OH is 11. The quantitative estimate of drug-likeness (QED) is 0.0876. The van der Waals surface area contributed by atoms with Gasteiger partial charge in [0.2, 0.25) is 0 Å². The third-order valence-corrected chi connectivity index (χ3v) is 10.7. The summed E-state index contributed by atoms with van der Waals surface area (Å²) in [6, 6.07) is 11.9. The topological polar surface area (TPSA) is 301 Å². The summed E-state index contributed by atoms with van der Waals surface area (Å²) >= 11 is 0. The second-order valence-corrected chi connectivity index (χ2v) is 14.6. The van der Waals surface area contributed by atoms with E-state index in [0.29, 0.717) is 6.61 Å². The molecule has 18 heteroatoms. The van der Waals surface area contributed by atoms with Gasteiger partial charge in [-0.25, -0.2) is 0 Å². The van der Waals surface area contributed by atoms with E-state index in [2.05, 4.69) is 16.7 Å². The van der Waals surface area contributed by atoms with Crippen LogP contribution in [0.1, 0.15) is 34.8 Å². The Balaban J connectivity index is 0.000000273. The molecule has 13 N–H and O–H groups in total. The summed E-state index contributed by atoms with van der Waals surface area (Å²) in [7, 11) is 3.13. The van der Waals surface area contributed by atoms with Gasteiger partial charge in [0.15, 0.2) is 12.4 Å². The average molecular weight is 811 g/mol. The zero-order valence-corrected chi connectivity index (χ0v) is 32.3. The summed E-state index contributed by atoms with van der Waals surface area (Å²) in [5, 5.41) is 116. The van der Waals surface area contributed by atoms with Gasteiger partial charge in [0.1, 0.15) is 61.2 Å². The number of amides is 1. The highest BCUT2D eigenvalue weighted by Crippen LogP contribution is 2.33. The second kappa shape index (κ2) is 21.2. The lowest BCUT2D eigenvalue weighted by Crippen LogP contribution is -2.66. The number of likely N-dealkylation sites (N-methyl/N-ethyl adjacent to an activating group) is 1. The number of methoxy groups -OCH3 is 1. The molecular formula is C39H58N2O16. The maximum absolute atomic E-state index is 12.0. The van der Waals surface area contributed by atoms with Gasteiger partial charge < -0.3 is 85.8 Å². The predicted octanol–water partition coefficient (Wildman–Crippen LogP) is -3.44. The van der Waals surface area contributed by atoms with E-state index in [9.17, 15) is 61.0 Å². The molecule has 57 heavy (non-hydrogen) atoms. The molecule has 5 rings (SSSR count). The summed E-state index contributed by atoms with van der Waals surface area (Å²) in [6.07, 6.45) is -16.3. The van der Waals surface area contributed by atoms with Gasteiger partial charge in [0.05, 0.1) is 31.5 Å². The Morgan fingerprint density at radius 2 is 1.56 bits per heavy atom. The van der Waals surface area contributed by atoms with Gasteiger partial charge in [-0.1, -0.05) is 42.5 Å². The van der Waals surface area contributed by atoms with Gasteiger partial charge in [0, 0.05) is 32.7 Å². The molecule has 3 aliphatic rings. The van der Waals surface area contributed by atoms with Gasteiger partial charge in [-0.3, -0.25) is 4.79 Å². The number of rotatable bonds is 13. The summed E-state index contributed by atoms with van der Waals surface area (Å²) < 4.78 is 22.2. The minimum atomic E-state index is -1.75. The van der Waals surface area contributed by atoms with Gasteiger partial charge >= 0.3 is 0 Å². The molecule has 0 spiro atoms. The van der Waals surface area contributed by atoms with Gasteiger partial charge in [-0.15, -0.1) is 0 Å². The molecule has 1 aliphatic heterocycles. The number of carbonyl (C=O) groups excluding carboxylic acids is 1. The predicted molar refractivity (Wildman–Crippen MR) is 200 cm³/mol. The van der Waals surface area contributed by atoms with Crippen molar-refractivity contribution in [1.29, 1.82) is 0 Å². The number of carbonyl (C=O) groups is 1. The zero-order valence-electron chi connectivity index (χ0n) is 32.3. The third-order valence-electron chi connectivity index (χ3n) is 10.7. The summed E-state index contributed by atoms with van der Waals surface area (Å²) in [5.74, 6) is -0.152. The standard InChI is InChI=1S/C20H35NO13.C19H23NO3/c22-3-6-1-8(12(26)15(29)11(6)25)21-9-2-7(4-23)19(17(31)13(9)27)34-20-18(32)16(30)14(28)10(5-24)33-20;1-13-9-10-14(2)17(11-13)23-12-15-7-5-6-8-16(15)18(22-4)19(21)20-3/h1,7-32H,2-5H2;5-11,18H,12H2,1-4H3,(H,20,21)/t7-,8+,9+,10-,11-,12+,13+,14-,15+,16+,17-,18-,19-,20+;/m1./s1. The van der Waals surface area contributed by atoms with Crippen LogP contribution >= 0.6 is 0 Å². The molecule has 1 amide bonds. The average Bonchev–Trinajstić information content (AvgIpc) is 3.21. The Hall–Kier alpha value is -3.15. The van der Waals surface area contributed by atoms with Crippen molar-refractivity contribution in [3.63, 3.8) is 0 Å². The first-order valence-corrected chi connectivity index (χ1v) is 18.7. The molecule has 2 aliphatic carbocycles. The molecule has 1 heterocycles. The number of ether oxygens (including phenoxy) is 4. The Morgan fingerprint density at radius 3 is 2.19 bits per heavy atom. The van der Waals surface area contributed by atoms with Gasteiger partial charge in [-0.2, -0.15) is 0 Å². The van der Waals surface area contributed by atoms with Crippen LogP contribution < -0.4 is 15.4 Å². The molecule has 15 atom stereocenters. The Kier molecular flexibility index (Phi) is 17.3. The SMILES string of the molecule is CNC(=O)C(OC)c1ccccc1COc1cc(C)ccc1C.OCC1=C[C@H](N[C@H]2C[C@H](CO)[C@@H](O[C@@H]3O[C@H](CO)[C@@H](O)[C@H](O)[C@H]3O)[C@H](O)[C@H]2O)[C@H](O)[C@@H](O)[C@@H]1O. The third kappa shape index (κ3) is 10.9. The van der Waals surface area contributed by atoms with Gasteiger partial charge in [-0.05, 0) is 54.2 Å². The van der Waals surface area contributed by atoms with Crippen LogP contribution in [-0.2, 0) is 25.6 Å². The van der Waals surface area contributed by atoms with Crippen molar-refractivity contribution in [2.45, 2.75) is 112 Å². The number of nitrogens with one attached hydrogen (secondary N) is 2. The van der Waals surface area contributed by atoms with Crippen molar-refractivity contribution >= 4 is 5.91 Å². The van der Waals surface area contributed by atoms with Crippen molar-refractivity contribution < 1.29 is 79.9 Å². The number of hydrogen-bond donors (Lipinski definition) is 13. The van der Waals surface area contributed by atoms with E-state index in [4.69, 9.17) is 18.9 Å². The van der Waals surface area contributed by atoms with E-state index in [1.807, 2.05) is 50.2 Å². The fourth-order valence-electron chi connectivity index (χ4n) is 7.21. The molecule has 2 aromatic rings. The van der Waals surface area contributed by atoms with Crippen molar-refractivity contribution in [3.05, 3.63) is 76.4 Å². The number of aliphatic hydroxyl groups is 11. The molecule has 2 aromatic carbocycles. The molecule has 320 valence electrons. The van der Waals surface area contributed by atoms with Gasteiger partial charge in [0.25, 0.3) is 5.91 Å². The van der Waals surface area contributed by atoms with Crippen molar-refractivity contribution in [2.24, 2.45) is 5.92 Å². The highest BCUT2D eigenvalue weighted by atomic mass is 16.7. The van der Waals surface area contributed by atoms with Crippen LogP contribution in [0.4, 0.5) is 0 Å². The lowest BCUT2D eigenvalue weighted by atomic mass is 9.78. The molecule has 1 unspecified atom stereocenters. The van der Waals surface area contributed by atoms with Crippen LogP contribution in [0.5, 0.6) is 5.75 Å². The smallest absolute Gasteiger partial charge is 0.253 e. The minimum absolute atomic E-state index is 0.0129. The fourth-order valence-corrected chi connectivity index (χ4v) is 7.21. The normalized spacial score (nSPS) is 34.7. The molecule has 2 fully saturated rings. The summed E-state index contributed by atoms with van der Waals surface area (Å²) in [5.41, 5.74) is 4.05. The number of benzene rings is 2. The Labute approximate surface area is 330 Å². The van der Waals surface area contributed by atoms with E-state index in [1.165, 1.54) is 13.2 Å². The van der Waals surface area contributed by atoms with Crippen LogP contribution in [0.25, 0.3) is 0 Å². The number of aryl methyl sites for hydroxylation is 2. The largest absolute Gasteiger partial charge is 0.489 e. The maximum atomic E-state index is 12.0. The lowest BCUT2D eigenvalue weighted by molar-refractivity contribution is -0.328. The van der Waals surface area contributed by atoms with Crippen LogP contribution in [0.2, 0.25) is 0 Å². The number of hydrogen-bond acceptors (Lipinski definition) is 17. The first-order chi connectivity index (χ1) is 27.1. The van der Waals surface area contributed by atoms with Crippen molar-refractivity contribution in [3.8, 4) is 5.75 Å². The van der Waals surface area contributed by atoms with E-state index in [1.54, 1.807) is 7.05 Å². The zero-order chi connectivity index (χ0) is 42.1. The molecule has 1 saturated carbocycles. The molecular weight excluding hydrogens is 752 g/mol. The first-order valence-electron chi connectivity index (χ1n) is 18.7. The minimum Gasteiger partial charge on any atom is -0.489 e. The van der Waals surface area contributed by atoms with Crippen LogP contribution in [0.15, 0.2) is 54.1 Å². The first kappa shape index (κ1) is 46.5. The second-order valence-electron chi connectivity index (χ2n) is 14.6. The van der Waals surface area contributed by atoms with E-state index < -0.39 is 111 Å². The highest BCUT2D eigenvalue weighted by molar-refractivity contribution is 5.82. The molecule has 0 aromatic heterocycles. The van der Waals surface area contributed by atoms with Crippen LogP contribution in [0.3, 0.4) is 0 Å². The van der Waals surface area contributed by atoms with Crippen molar-refractivity contribution in [2.75, 3.05) is 34.0 Å². The highest BCUT2D eigenvalue weighted by Gasteiger charge is 2.50. The molecule has 0 radical (unpaired) electrons. The van der Waals surface area contributed by atoms with E-state index >= 15 is 0 Å². The summed E-state index contributed by atoms with van der Waals surface area (Å²) in [6.45, 7) is 2.64. The van der Waals surface area contributed by atoms with Crippen LogP contribution in [-0.4, -0.2) is 175 Å². The summed E-state index contributed by atoms with van der Waals surface area (Å²) in [4.78, 5) is 12.0. The molecule has 0 bridgehead atoms. The fraction of sp³-hybridized carbons (Fsp3) is 0.615. The molecule has 18 nitrogen and oxygen atoms in total. The van der Waals surface area contributed by atoms with E-state index in [0.717, 1.165) is 28.0 Å². The maximum Gasteiger partial charge on any atom is 0.253 e. The lowest BCUT2D eigenvalue weighted by Gasteiger charge is -2.47. The van der Waals surface area contributed by atoms with Crippen LogP contribution in [0, 0.1) is 19.8 Å². The Morgan fingerprint density at radius 1 is 0.860 bits per heavy atom. The monoisotopic (exact) mass is 810 g/mol.